The van der Waals surface area contributed by atoms with Gasteiger partial charge in [0.25, 0.3) is 5.89 Å². The topological polar surface area (TPSA) is 93.6 Å². The number of nitrogens with zero attached hydrogens (tertiary/aromatic N) is 3. The molecule has 84 valence electrons. The van der Waals surface area contributed by atoms with Crippen molar-refractivity contribution in [3.8, 4) is 23.1 Å². The van der Waals surface area contributed by atoms with Crippen molar-refractivity contribution in [1.82, 2.24) is 20.1 Å². The predicted octanol–water partition coefficient (Wildman–Crippen LogP) is 1.71. The number of anilines is 1. The van der Waals surface area contributed by atoms with E-state index in [4.69, 9.17) is 10.3 Å². The molecular weight excluding hydrogens is 218 g/mol. The van der Waals surface area contributed by atoms with Crippen LogP contribution in [0.15, 0.2) is 41.1 Å². The summed E-state index contributed by atoms with van der Waals surface area (Å²) in [6, 6.07) is 8.98. The first-order valence-electron chi connectivity index (χ1n) is 5.03. The number of hydrogen-bond donors (Lipinski definition) is 2. The second-order valence-electron chi connectivity index (χ2n) is 3.45. The second kappa shape index (κ2) is 3.75. The predicted molar refractivity (Wildman–Crippen MR) is 61.7 cm³/mol. The molecule has 6 nitrogen and oxygen atoms in total. The van der Waals surface area contributed by atoms with Gasteiger partial charge in [0.2, 0.25) is 5.82 Å². The summed E-state index contributed by atoms with van der Waals surface area (Å²) >= 11 is 0. The maximum absolute atomic E-state index is 5.59. The Kier molecular flexibility index (Phi) is 2.11. The number of H-pyrrole nitrogens is 1. The monoisotopic (exact) mass is 227 g/mol. The maximum Gasteiger partial charge on any atom is 0.276 e. The van der Waals surface area contributed by atoms with E-state index in [1.807, 2.05) is 12.1 Å². The van der Waals surface area contributed by atoms with Gasteiger partial charge in [0, 0.05) is 6.20 Å². The molecule has 0 aliphatic heterocycles. The minimum Gasteiger partial charge on any atom is -0.384 e. The Hall–Kier alpha value is -2.63. The molecule has 0 bridgehead atoms. The zero-order valence-corrected chi connectivity index (χ0v) is 8.79. The number of nitrogens with two attached hydrogens (primary N) is 1. The van der Waals surface area contributed by atoms with Gasteiger partial charge in [-0.2, -0.15) is 4.98 Å². The van der Waals surface area contributed by atoms with Crippen LogP contribution >= 0.6 is 0 Å². The molecular formula is C11H9N5O. The molecule has 0 atom stereocenters. The smallest absolute Gasteiger partial charge is 0.276 e. The van der Waals surface area contributed by atoms with Crippen LogP contribution in [0.1, 0.15) is 0 Å². The highest BCUT2D eigenvalue weighted by atomic mass is 16.5. The van der Waals surface area contributed by atoms with Crippen LogP contribution in [-0.2, 0) is 0 Å². The Labute approximate surface area is 96.5 Å². The molecule has 0 aliphatic carbocycles. The van der Waals surface area contributed by atoms with Crippen molar-refractivity contribution >= 4 is 5.82 Å². The Morgan fingerprint density at radius 2 is 2.06 bits per heavy atom. The van der Waals surface area contributed by atoms with E-state index < -0.39 is 0 Å². The summed E-state index contributed by atoms with van der Waals surface area (Å²) in [5, 5.41) is 3.87. The van der Waals surface area contributed by atoms with Gasteiger partial charge in [0.1, 0.15) is 11.5 Å². The summed E-state index contributed by atoms with van der Waals surface area (Å²) in [7, 11) is 0. The first-order valence-corrected chi connectivity index (χ1v) is 5.03. The lowest BCUT2D eigenvalue weighted by Crippen LogP contribution is -1.91. The zero-order chi connectivity index (χ0) is 11.7. The molecule has 3 aromatic heterocycles. The number of aromatic nitrogens is 4. The van der Waals surface area contributed by atoms with Gasteiger partial charge in [-0.1, -0.05) is 11.2 Å². The van der Waals surface area contributed by atoms with Gasteiger partial charge in [0.15, 0.2) is 0 Å². The molecule has 0 unspecified atom stereocenters. The van der Waals surface area contributed by atoms with Crippen molar-refractivity contribution in [2.45, 2.75) is 0 Å². The SMILES string of the molecule is Nc1cccc(-c2nc(-c3ccc[nH]3)no2)n1. The van der Waals surface area contributed by atoms with Gasteiger partial charge in [-0.05, 0) is 24.3 Å². The zero-order valence-electron chi connectivity index (χ0n) is 8.79. The highest BCUT2D eigenvalue weighted by Gasteiger charge is 2.11. The lowest BCUT2D eigenvalue weighted by molar-refractivity contribution is 0.431. The van der Waals surface area contributed by atoms with Gasteiger partial charge < -0.3 is 15.2 Å². The van der Waals surface area contributed by atoms with Crippen LogP contribution in [0.25, 0.3) is 23.1 Å². The van der Waals surface area contributed by atoms with Crippen LogP contribution < -0.4 is 5.73 Å². The molecule has 3 aromatic rings. The number of nitrogens with one attached hydrogen (secondary N) is 1. The lowest BCUT2D eigenvalue weighted by Gasteiger charge is -1.93. The van der Waals surface area contributed by atoms with Gasteiger partial charge in [-0.3, -0.25) is 0 Å². The molecule has 17 heavy (non-hydrogen) atoms. The molecule has 0 saturated heterocycles. The molecule has 0 aliphatic rings. The van der Waals surface area contributed by atoms with Crippen LogP contribution in [0.5, 0.6) is 0 Å². The second-order valence-corrected chi connectivity index (χ2v) is 3.45. The van der Waals surface area contributed by atoms with Crippen molar-refractivity contribution in [2.75, 3.05) is 5.73 Å². The van der Waals surface area contributed by atoms with E-state index in [-0.39, 0.29) is 0 Å². The van der Waals surface area contributed by atoms with Crippen molar-refractivity contribution in [1.29, 1.82) is 0 Å². The average molecular weight is 227 g/mol. The Morgan fingerprint density at radius 1 is 1.12 bits per heavy atom. The van der Waals surface area contributed by atoms with E-state index in [1.165, 1.54) is 0 Å². The molecule has 0 fully saturated rings. The number of hydrogen-bond acceptors (Lipinski definition) is 5. The fourth-order valence-electron chi connectivity index (χ4n) is 1.48. The van der Waals surface area contributed by atoms with Crippen LogP contribution in [0.4, 0.5) is 5.82 Å². The molecule has 3 rings (SSSR count). The number of aromatic amines is 1. The Bertz CT molecular complexity index is 629. The molecule has 6 heteroatoms. The largest absolute Gasteiger partial charge is 0.384 e. The Morgan fingerprint density at radius 3 is 2.82 bits per heavy atom. The van der Waals surface area contributed by atoms with E-state index in [1.54, 1.807) is 24.4 Å². The van der Waals surface area contributed by atoms with Gasteiger partial charge in [-0.15, -0.1) is 0 Å². The molecule has 3 N–H and O–H groups in total. The van der Waals surface area contributed by atoms with Crippen LogP contribution in [0.2, 0.25) is 0 Å². The quantitative estimate of drug-likeness (QED) is 0.695. The maximum atomic E-state index is 5.59. The number of nitrogen functional groups attached to an aromatic ring is 1. The van der Waals surface area contributed by atoms with Gasteiger partial charge in [-0.25, -0.2) is 4.98 Å². The first-order chi connectivity index (χ1) is 8.33. The minimum atomic E-state index is 0.349. The van der Waals surface area contributed by atoms with E-state index in [0.717, 1.165) is 5.69 Å². The highest BCUT2D eigenvalue weighted by molar-refractivity contribution is 5.55. The summed E-state index contributed by atoms with van der Waals surface area (Å²) in [5.74, 6) is 1.26. The van der Waals surface area contributed by atoms with Gasteiger partial charge >= 0.3 is 0 Å². The third kappa shape index (κ3) is 1.76. The number of pyridine rings is 1. The Balaban J connectivity index is 2.01. The van der Waals surface area contributed by atoms with Crippen LogP contribution in [0.3, 0.4) is 0 Å². The summed E-state index contributed by atoms with van der Waals surface area (Å²) in [4.78, 5) is 11.3. The fourth-order valence-corrected chi connectivity index (χ4v) is 1.48. The van der Waals surface area contributed by atoms with Crippen molar-refractivity contribution in [2.24, 2.45) is 0 Å². The third-order valence-electron chi connectivity index (χ3n) is 2.25. The minimum absolute atomic E-state index is 0.349. The van der Waals surface area contributed by atoms with E-state index in [9.17, 15) is 0 Å². The van der Waals surface area contributed by atoms with Crippen molar-refractivity contribution in [3.63, 3.8) is 0 Å². The molecule has 0 saturated carbocycles. The fraction of sp³-hybridized carbons (Fsp3) is 0. The van der Waals surface area contributed by atoms with E-state index in [2.05, 4.69) is 20.1 Å². The van der Waals surface area contributed by atoms with Crippen LogP contribution in [-0.4, -0.2) is 20.1 Å². The van der Waals surface area contributed by atoms with Crippen LogP contribution in [0, 0.1) is 0 Å². The van der Waals surface area contributed by atoms with E-state index >= 15 is 0 Å². The molecule has 0 aromatic carbocycles. The summed E-state index contributed by atoms with van der Waals surface area (Å²) in [5.41, 5.74) is 6.95. The molecule has 3 heterocycles. The summed E-state index contributed by atoms with van der Waals surface area (Å²) in [6.07, 6.45) is 1.80. The third-order valence-corrected chi connectivity index (χ3v) is 2.25. The highest BCUT2D eigenvalue weighted by Crippen LogP contribution is 2.19. The van der Waals surface area contributed by atoms with Gasteiger partial charge in [0.05, 0.1) is 5.69 Å². The number of rotatable bonds is 2. The van der Waals surface area contributed by atoms with Crippen molar-refractivity contribution in [3.05, 3.63) is 36.5 Å². The standard InChI is InChI=1S/C11H9N5O/c12-9-5-1-3-8(14-9)11-15-10(16-17-11)7-4-2-6-13-7/h1-6,13H,(H2,12,14). The first kappa shape index (κ1) is 9.59. The normalized spacial score (nSPS) is 10.6. The molecule has 0 amide bonds. The van der Waals surface area contributed by atoms with Crippen molar-refractivity contribution < 1.29 is 4.52 Å². The lowest BCUT2D eigenvalue weighted by atomic mass is 10.3. The van der Waals surface area contributed by atoms with E-state index in [0.29, 0.717) is 23.2 Å². The molecule has 0 radical (unpaired) electrons. The average Bonchev–Trinajstić information content (AvgIpc) is 3.00. The molecule has 0 spiro atoms. The summed E-state index contributed by atoms with van der Waals surface area (Å²) < 4.78 is 5.13. The summed E-state index contributed by atoms with van der Waals surface area (Å²) in [6.45, 7) is 0.